The van der Waals surface area contributed by atoms with Gasteiger partial charge in [-0.3, -0.25) is 0 Å². The quantitative estimate of drug-likeness (QED) is 0.229. The Labute approximate surface area is 238 Å². The maximum atomic E-state index is 4.37. The zero-order valence-corrected chi connectivity index (χ0v) is 22.4. The maximum Gasteiger partial charge on any atom is 0.137 e. The fourth-order valence-corrected chi connectivity index (χ4v) is 6.17. The van der Waals surface area contributed by atoms with E-state index < -0.39 is 0 Å². The Hall–Kier alpha value is -5.47. The third-order valence-corrected chi connectivity index (χ3v) is 8.13. The van der Waals surface area contributed by atoms with Crippen molar-refractivity contribution in [2.45, 2.75) is 0 Å². The highest BCUT2D eigenvalue weighted by Gasteiger charge is 2.16. The van der Waals surface area contributed by atoms with Gasteiger partial charge in [0.1, 0.15) is 5.82 Å². The van der Waals surface area contributed by atoms with Crippen molar-refractivity contribution in [1.82, 2.24) is 9.97 Å². The Morgan fingerprint density at radius 3 is 1.41 bits per heavy atom. The lowest BCUT2D eigenvalue weighted by molar-refractivity contribution is 1.31. The lowest BCUT2D eigenvalue weighted by atomic mass is 9.85. The van der Waals surface area contributed by atoms with Gasteiger partial charge in [0.15, 0.2) is 0 Å². The SMILES string of the molecule is c1ccc2cc(-c3c4ccccc4c(-c4ccc(-c5ccc(-c6ncc[nH]6)cc5)cc4)c4ccccc34)ccc2c1. The molecule has 8 aromatic rings. The summed E-state index contributed by atoms with van der Waals surface area (Å²) in [5.41, 5.74) is 8.50. The number of H-pyrrole nitrogens is 1. The topological polar surface area (TPSA) is 28.7 Å². The summed E-state index contributed by atoms with van der Waals surface area (Å²) in [6, 6.07) is 50.7. The standard InChI is InChI=1S/C39H26N2/c1-2-8-31-25-32(22-17-26(31)7-1)38-35-11-5-3-9-33(35)37(34-10-4-6-12-36(34)38)29-18-13-27(14-19-29)28-15-20-30(21-16-28)39-40-23-24-41-39/h1-25H,(H,40,41). The van der Waals surface area contributed by atoms with Gasteiger partial charge in [-0.1, -0.05) is 133 Å². The summed E-state index contributed by atoms with van der Waals surface area (Å²) < 4.78 is 0. The molecular formula is C39H26N2. The number of hydrogen-bond donors (Lipinski definition) is 1. The van der Waals surface area contributed by atoms with Gasteiger partial charge >= 0.3 is 0 Å². The minimum atomic E-state index is 0.887. The molecule has 7 aromatic carbocycles. The van der Waals surface area contributed by atoms with E-state index in [0.29, 0.717) is 0 Å². The van der Waals surface area contributed by atoms with E-state index in [1.807, 2.05) is 6.20 Å². The van der Waals surface area contributed by atoms with Crippen LogP contribution in [-0.2, 0) is 0 Å². The molecule has 0 radical (unpaired) electrons. The lowest BCUT2D eigenvalue weighted by Gasteiger charge is -2.18. The average molecular weight is 523 g/mol. The number of hydrogen-bond acceptors (Lipinski definition) is 1. The summed E-state index contributed by atoms with van der Waals surface area (Å²) in [6.07, 6.45) is 3.63. The zero-order chi connectivity index (χ0) is 27.2. The van der Waals surface area contributed by atoms with Gasteiger partial charge in [-0.25, -0.2) is 4.98 Å². The Balaban J connectivity index is 1.28. The Morgan fingerprint density at radius 2 is 0.854 bits per heavy atom. The van der Waals surface area contributed by atoms with Crippen molar-refractivity contribution in [3.05, 3.63) is 152 Å². The van der Waals surface area contributed by atoms with Crippen molar-refractivity contribution < 1.29 is 0 Å². The van der Waals surface area contributed by atoms with Crippen LogP contribution in [0.1, 0.15) is 0 Å². The van der Waals surface area contributed by atoms with Crippen molar-refractivity contribution in [2.24, 2.45) is 0 Å². The van der Waals surface area contributed by atoms with Crippen LogP contribution in [0.25, 0.3) is 77.1 Å². The van der Waals surface area contributed by atoms with Crippen molar-refractivity contribution in [1.29, 1.82) is 0 Å². The van der Waals surface area contributed by atoms with Crippen LogP contribution in [0.4, 0.5) is 0 Å². The molecule has 0 saturated heterocycles. The first-order valence-corrected chi connectivity index (χ1v) is 14.0. The minimum absolute atomic E-state index is 0.887. The molecule has 0 fully saturated rings. The molecular weight excluding hydrogens is 496 g/mol. The van der Waals surface area contributed by atoms with Gasteiger partial charge in [-0.05, 0) is 71.8 Å². The fourth-order valence-electron chi connectivity index (χ4n) is 6.17. The van der Waals surface area contributed by atoms with E-state index in [-0.39, 0.29) is 0 Å². The molecule has 41 heavy (non-hydrogen) atoms. The summed E-state index contributed by atoms with van der Waals surface area (Å²) in [5, 5.41) is 7.60. The van der Waals surface area contributed by atoms with E-state index in [9.17, 15) is 0 Å². The number of imidazole rings is 1. The number of fused-ring (bicyclic) bond motifs is 3. The van der Waals surface area contributed by atoms with Gasteiger partial charge in [-0.2, -0.15) is 0 Å². The highest BCUT2D eigenvalue weighted by molar-refractivity contribution is 6.21. The van der Waals surface area contributed by atoms with Crippen LogP contribution in [0.15, 0.2) is 152 Å². The van der Waals surface area contributed by atoms with Crippen molar-refractivity contribution >= 4 is 32.3 Å². The smallest absolute Gasteiger partial charge is 0.137 e. The van der Waals surface area contributed by atoms with Crippen LogP contribution in [0.2, 0.25) is 0 Å². The van der Waals surface area contributed by atoms with Gasteiger partial charge in [0, 0.05) is 18.0 Å². The zero-order valence-electron chi connectivity index (χ0n) is 22.4. The normalized spacial score (nSPS) is 11.4. The number of aromatic nitrogens is 2. The Bertz CT molecular complexity index is 2110. The molecule has 0 aliphatic heterocycles. The lowest BCUT2D eigenvalue weighted by Crippen LogP contribution is -1.91. The predicted molar refractivity (Wildman–Crippen MR) is 173 cm³/mol. The summed E-state index contributed by atoms with van der Waals surface area (Å²) in [6.45, 7) is 0. The highest BCUT2D eigenvalue weighted by Crippen LogP contribution is 2.44. The summed E-state index contributed by atoms with van der Waals surface area (Å²) in [5.74, 6) is 0.887. The fraction of sp³-hybridized carbons (Fsp3) is 0. The molecule has 0 aliphatic rings. The van der Waals surface area contributed by atoms with E-state index in [1.54, 1.807) is 6.20 Å². The van der Waals surface area contributed by atoms with Crippen LogP contribution in [0, 0.1) is 0 Å². The highest BCUT2D eigenvalue weighted by atomic mass is 14.9. The largest absolute Gasteiger partial charge is 0.345 e. The third kappa shape index (κ3) is 4.00. The Morgan fingerprint density at radius 1 is 0.390 bits per heavy atom. The molecule has 2 heteroatoms. The molecule has 0 aliphatic carbocycles. The number of benzene rings is 7. The molecule has 0 unspecified atom stereocenters. The van der Waals surface area contributed by atoms with E-state index in [4.69, 9.17) is 0 Å². The second-order valence-corrected chi connectivity index (χ2v) is 10.5. The van der Waals surface area contributed by atoms with Gasteiger partial charge in [0.25, 0.3) is 0 Å². The molecule has 192 valence electrons. The minimum Gasteiger partial charge on any atom is -0.345 e. The number of nitrogens with zero attached hydrogens (tertiary/aromatic N) is 1. The van der Waals surface area contributed by atoms with Gasteiger partial charge in [0.2, 0.25) is 0 Å². The van der Waals surface area contributed by atoms with Crippen LogP contribution in [0.5, 0.6) is 0 Å². The molecule has 1 heterocycles. The molecule has 0 spiro atoms. The maximum absolute atomic E-state index is 4.37. The van der Waals surface area contributed by atoms with Crippen LogP contribution >= 0.6 is 0 Å². The van der Waals surface area contributed by atoms with Gasteiger partial charge in [-0.15, -0.1) is 0 Å². The monoisotopic (exact) mass is 522 g/mol. The molecule has 0 atom stereocenters. The number of aromatic amines is 1. The second kappa shape index (κ2) is 9.62. The van der Waals surface area contributed by atoms with Crippen molar-refractivity contribution in [2.75, 3.05) is 0 Å². The average Bonchev–Trinajstić information content (AvgIpc) is 3.59. The second-order valence-electron chi connectivity index (χ2n) is 10.5. The summed E-state index contributed by atoms with van der Waals surface area (Å²) >= 11 is 0. The molecule has 0 bridgehead atoms. The first kappa shape index (κ1) is 23.4. The first-order chi connectivity index (χ1) is 20.3. The molecule has 0 amide bonds. The first-order valence-electron chi connectivity index (χ1n) is 14.0. The molecule has 1 aromatic heterocycles. The van der Waals surface area contributed by atoms with Gasteiger partial charge < -0.3 is 4.98 Å². The van der Waals surface area contributed by atoms with Crippen LogP contribution < -0.4 is 0 Å². The Kier molecular flexibility index (Phi) is 5.49. The van der Waals surface area contributed by atoms with E-state index in [2.05, 4.69) is 149 Å². The molecule has 1 N–H and O–H groups in total. The number of nitrogens with one attached hydrogen (secondary N) is 1. The van der Waals surface area contributed by atoms with Crippen LogP contribution in [0.3, 0.4) is 0 Å². The number of rotatable bonds is 4. The van der Waals surface area contributed by atoms with E-state index in [0.717, 1.165) is 11.4 Å². The summed E-state index contributed by atoms with van der Waals surface area (Å²) in [4.78, 5) is 7.55. The summed E-state index contributed by atoms with van der Waals surface area (Å²) in [7, 11) is 0. The van der Waals surface area contributed by atoms with E-state index in [1.165, 1.54) is 65.7 Å². The third-order valence-electron chi connectivity index (χ3n) is 8.13. The van der Waals surface area contributed by atoms with E-state index >= 15 is 0 Å². The molecule has 2 nitrogen and oxygen atoms in total. The van der Waals surface area contributed by atoms with Gasteiger partial charge in [0.05, 0.1) is 0 Å². The predicted octanol–water partition coefficient (Wildman–Crippen LogP) is 10.5. The van der Waals surface area contributed by atoms with Crippen molar-refractivity contribution in [3.63, 3.8) is 0 Å². The van der Waals surface area contributed by atoms with Crippen molar-refractivity contribution in [3.8, 4) is 44.8 Å². The molecule has 0 saturated carbocycles. The molecule has 8 rings (SSSR count). The van der Waals surface area contributed by atoms with Crippen LogP contribution in [-0.4, -0.2) is 9.97 Å².